The monoisotopic (exact) mass is 300 g/mol. The molecule has 0 aromatic heterocycles. The highest BCUT2D eigenvalue weighted by molar-refractivity contribution is 9.10. The maximum absolute atomic E-state index is 10.6. The van der Waals surface area contributed by atoms with Crippen LogP contribution in [0.25, 0.3) is 0 Å². The lowest BCUT2D eigenvalue weighted by atomic mass is 10.2. The van der Waals surface area contributed by atoms with E-state index in [1.54, 1.807) is 0 Å². The van der Waals surface area contributed by atoms with E-state index >= 15 is 0 Å². The second-order valence-corrected chi connectivity index (χ2v) is 4.91. The number of primary amides is 1. The fraction of sp³-hybridized carbons (Fsp3) is 0.417. The molecule has 0 saturated carbocycles. The number of hydrogen-bond donors (Lipinski definition) is 2. The van der Waals surface area contributed by atoms with Gasteiger partial charge in [-0.15, -0.1) is 0 Å². The first kappa shape index (κ1) is 14.0. The Morgan fingerprint density at radius 3 is 2.76 bits per heavy atom. The van der Waals surface area contributed by atoms with E-state index in [0.717, 1.165) is 16.6 Å². The molecule has 1 amide bonds. The lowest BCUT2D eigenvalue weighted by Crippen LogP contribution is -2.22. The van der Waals surface area contributed by atoms with Gasteiger partial charge in [-0.25, -0.2) is 0 Å². The maximum Gasteiger partial charge on any atom is 0.255 e. The third kappa shape index (κ3) is 5.19. The van der Waals surface area contributed by atoms with Gasteiger partial charge in [0.2, 0.25) is 0 Å². The first-order chi connectivity index (χ1) is 7.99. The molecule has 0 aliphatic heterocycles. The Morgan fingerprint density at radius 1 is 1.53 bits per heavy atom. The summed E-state index contributed by atoms with van der Waals surface area (Å²) in [6, 6.07) is 6.19. The largest absolute Gasteiger partial charge is 0.483 e. The minimum Gasteiger partial charge on any atom is -0.483 e. The van der Waals surface area contributed by atoms with Crippen LogP contribution in [0.4, 0.5) is 0 Å². The third-order valence-corrected chi connectivity index (χ3v) is 2.70. The molecule has 17 heavy (non-hydrogen) atoms. The van der Waals surface area contributed by atoms with Crippen molar-refractivity contribution in [2.45, 2.75) is 26.4 Å². The van der Waals surface area contributed by atoms with E-state index in [9.17, 15) is 4.79 Å². The molecule has 0 saturated heterocycles. The number of nitrogens with two attached hydrogens (primary N) is 1. The molecule has 0 radical (unpaired) electrons. The first-order valence-electron chi connectivity index (χ1n) is 5.42. The average Bonchev–Trinajstić information content (AvgIpc) is 2.24. The number of amides is 1. The van der Waals surface area contributed by atoms with Gasteiger partial charge in [-0.05, 0) is 33.6 Å². The number of halogens is 1. The van der Waals surface area contributed by atoms with Crippen molar-refractivity contribution in [1.29, 1.82) is 0 Å². The van der Waals surface area contributed by atoms with Gasteiger partial charge in [0.25, 0.3) is 5.91 Å². The third-order valence-electron chi connectivity index (χ3n) is 2.08. The Bertz CT molecular complexity index is 394. The molecule has 3 N–H and O–H groups in total. The van der Waals surface area contributed by atoms with Crippen molar-refractivity contribution in [2.75, 3.05) is 6.61 Å². The number of carbonyl (C=O) groups excluding carboxylic acids is 1. The predicted molar refractivity (Wildman–Crippen MR) is 70.8 cm³/mol. The zero-order chi connectivity index (χ0) is 12.8. The van der Waals surface area contributed by atoms with Crippen molar-refractivity contribution in [1.82, 2.24) is 5.32 Å². The molecule has 1 aromatic carbocycles. The van der Waals surface area contributed by atoms with E-state index in [0.29, 0.717) is 11.8 Å². The van der Waals surface area contributed by atoms with E-state index < -0.39 is 5.91 Å². The van der Waals surface area contributed by atoms with Gasteiger partial charge in [-0.2, -0.15) is 0 Å². The fourth-order valence-electron chi connectivity index (χ4n) is 1.24. The topological polar surface area (TPSA) is 64.3 Å². The number of ether oxygens (including phenoxy) is 1. The summed E-state index contributed by atoms with van der Waals surface area (Å²) in [5.74, 6) is 0.138. The minimum atomic E-state index is -0.484. The van der Waals surface area contributed by atoms with Gasteiger partial charge >= 0.3 is 0 Å². The Morgan fingerprint density at radius 2 is 2.24 bits per heavy atom. The standard InChI is InChI=1S/C12H17BrN2O2/c1-8(2)15-6-9-3-4-11(10(13)5-9)17-7-12(14)16/h3-5,8,15H,6-7H2,1-2H3,(H2,14,16). The number of carbonyl (C=O) groups is 1. The molecule has 0 fully saturated rings. The minimum absolute atomic E-state index is 0.109. The lowest BCUT2D eigenvalue weighted by molar-refractivity contribution is -0.119. The highest BCUT2D eigenvalue weighted by atomic mass is 79.9. The normalized spacial score (nSPS) is 10.6. The summed E-state index contributed by atoms with van der Waals surface area (Å²) in [5.41, 5.74) is 6.16. The average molecular weight is 301 g/mol. The summed E-state index contributed by atoms with van der Waals surface area (Å²) in [7, 11) is 0. The van der Waals surface area contributed by atoms with Crippen molar-refractivity contribution in [3.63, 3.8) is 0 Å². The first-order valence-corrected chi connectivity index (χ1v) is 6.21. The van der Waals surface area contributed by atoms with Crippen LogP contribution in [0.2, 0.25) is 0 Å². The molecule has 0 heterocycles. The molecule has 1 rings (SSSR count). The van der Waals surface area contributed by atoms with Crippen LogP contribution in [-0.4, -0.2) is 18.6 Å². The van der Waals surface area contributed by atoms with Gasteiger partial charge in [-0.1, -0.05) is 19.9 Å². The van der Waals surface area contributed by atoms with E-state index in [1.807, 2.05) is 18.2 Å². The molecule has 94 valence electrons. The molecular weight excluding hydrogens is 284 g/mol. The van der Waals surface area contributed by atoms with Crippen LogP contribution in [0.3, 0.4) is 0 Å². The molecule has 0 atom stereocenters. The van der Waals surface area contributed by atoms with Crippen LogP contribution in [0.1, 0.15) is 19.4 Å². The van der Waals surface area contributed by atoms with Crippen LogP contribution < -0.4 is 15.8 Å². The van der Waals surface area contributed by atoms with E-state index in [1.165, 1.54) is 0 Å². The summed E-state index contributed by atoms with van der Waals surface area (Å²) >= 11 is 3.40. The molecule has 0 bridgehead atoms. The van der Waals surface area contributed by atoms with Crippen molar-refractivity contribution >= 4 is 21.8 Å². The van der Waals surface area contributed by atoms with Crippen LogP contribution in [0, 0.1) is 0 Å². The molecule has 0 unspecified atom stereocenters. The van der Waals surface area contributed by atoms with E-state index in [-0.39, 0.29) is 6.61 Å². The van der Waals surface area contributed by atoms with Crippen molar-refractivity contribution < 1.29 is 9.53 Å². The van der Waals surface area contributed by atoms with Gasteiger partial charge in [0.15, 0.2) is 6.61 Å². The van der Waals surface area contributed by atoms with Gasteiger partial charge in [0, 0.05) is 12.6 Å². The molecule has 0 spiro atoms. The maximum atomic E-state index is 10.6. The van der Waals surface area contributed by atoms with Gasteiger partial charge in [0.05, 0.1) is 4.47 Å². The zero-order valence-corrected chi connectivity index (χ0v) is 11.6. The summed E-state index contributed by atoms with van der Waals surface area (Å²) in [6.45, 7) is 4.88. The molecular formula is C12H17BrN2O2. The number of rotatable bonds is 6. The smallest absolute Gasteiger partial charge is 0.255 e. The predicted octanol–water partition coefficient (Wildman–Crippen LogP) is 1.81. The van der Waals surface area contributed by atoms with Crippen molar-refractivity contribution in [3.8, 4) is 5.75 Å². The Kier molecular flexibility index (Phi) is 5.44. The lowest BCUT2D eigenvalue weighted by Gasteiger charge is -2.10. The number of benzene rings is 1. The Hall–Kier alpha value is -1.07. The molecule has 5 heteroatoms. The van der Waals surface area contributed by atoms with Crippen LogP contribution in [0.15, 0.2) is 22.7 Å². The van der Waals surface area contributed by atoms with Gasteiger partial charge < -0.3 is 15.8 Å². The second-order valence-electron chi connectivity index (χ2n) is 4.06. The summed E-state index contributed by atoms with van der Waals surface area (Å²) < 4.78 is 6.06. The van der Waals surface area contributed by atoms with Crippen LogP contribution in [0.5, 0.6) is 5.75 Å². The second kappa shape index (κ2) is 6.61. The summed E-state index contributed by atoms with van der Waals surface area (Å²) in [6.07, 6.45) is 0. The Labute approximate surface area is 110 Å². The quantitative estimate of drug-likeness (QED) is 0.842. The summed E-state index contributed by atoms with van der Waals surface area (Å²) in [5, 5.41) is 3.32. The molecule has 1 aromatic rings. The number of nitrogens with one attached hydrogen (secondary N) is 1. The molecule has 4 nitrogen and oxygen atoms in total. The molecule has 0 aliphatic carbocycles. The van der Waals surface area contributed by atoms with Crippen molar-refractivity contribution in [3.05, 3.63) is 28.2 Å². The van der Waals surface area contributed by atoms with Crippen LogP contribution >= 0.6 is 15.9 Å². The van der Waals surface area contributed by atoms with Crippen molar-refractivity contribution in [2.24, 2.45) is 5.73 Å². The van der Waals surface area contributed by atoms with Gasteiger partial charge in [0.1, 0.15) is 5.75 Å². The van der Waals surface area contributed by atoms with Gasteiger partial charge in [-0.3, -0.25) is 4.79 Å². The SMILES string of the molecule is CC(C)NCc1ccc(OCC(N)=O)c(Br)c1. The fourth-order valence-corrected chi connectivity index (χ4v) is 1.78. The van der Waals surface area contributed by atoms with Crippen LogP contribution in [-0.2, 0) is 11.3 Å². The highest BCUT2D eigenvalue weighted by Gasteiger charge is 2.04. The zero-order valence-electron chi connectivity index (χ0n) is 10.00. The number of hydrogen-bond acceptors (Lipinski definition) is 3. The highest BCUT2D eigenvalue weighted by Crippen LogP contribution is 2.25. The Balaban J connectivity index is 2.62. The van der Waals surface area contributed by atoms with E-state index in [2.05, 4.69) is 35.1 Å². The summed E-state index contributed by atoms with van der Waals surface area (Å²) in [4.78, 5) is 10.6. The molecule has 0 aliphatic rings. The van der Waals surface area contributed by atoms with E-state index in [4.69, 9.17) is 10.5 Å².